The van der Waals surface area contributed by atoms with Gasteiger partial charge in [0.15, 0.2) is 0 Å². The summed E-state index contributed by atoms with van der Waals surface area (Å²) in [6.45, 7) is 1.94. The Hall–Kier alpha value is -1.95. The number of amides is 1. The highest BCUT2D eigenvalue weighted by atomic mass is 79.9. The number of pyridine rings is 2. The molecule has 0 aromatic carbocycles. The maximum Gasteiger partial charge on any atom is 0.258 e. The minimum atomic E-state index is -0.232. The average molecular weight is 321 g/mol. The van der Waals surface area contributed by atoms with E-state index < -0.39 is 0 Å². The summed E-state index contributed by atoms with van der Waals surface area (Å²) in [6.07, 6.45) is 3.18. The number of rotatable bonds is 3. The average Bonchev–Trinajstić information content (AvgIpc) is 2.43. The van der Waals surface area contributed by atoms with Gasteiger partial charge in [-0.2, -0.15) is 0 Å². The summed E-state index contributed by atoms with van der Waals surface area (Å²) in [5.41, 5.74) is 1.50. The molecular weight excluding hydrogens is 308 g/mol. The highest BCUT2D eigenvalue weighted by Crippen LogP contribution is 2.17. The highest BCUT2D eigenvalue weighted by Gasteiger charge is 2.08. The minimum absolute atomic E-state index is 0.232. The Morgan fingerprint density at radius 2 is 1.95 bits per heavy atom. The molecule has 6 heteroatoms. The molecule has 2 rings (SSSR count). The second kappa shape index (κ2) is 5.79. The molecule has 0 fully saturated rings. The van der Waals surface area contributed by atoms with Gasteiger partial charge in [0.2, 0.25) is 0 Å². The molecule has 0 aliphatic rings. The van der Waals surface area contributed by atoms with Gasteiger partial charge in [0.05, 0.1) is 5.56 Å². The number of halogens is 1. The Bertz CT molecular complexity index is 598. The first-order chi connectivity index (χ1) is 9.10. The quantitative estimate of drug-likeness (QED) is 0.912. The zero-order valence-corrected chi connectivity index (χ0v) is 12.2. The van der Waals surface area contributed by atoms with Gasteiger partial charge in [0.25, 0.3) is 5.91 Å². The highest BCUT2D eigenvalue weighted by molar-refractivity contribution is 9.10. The number of aryl methyl sites for hydroxylation is 1. The molecule has 0 atom stereocenters. The van der Waals surface area contributed by atoms with Crippen molar-refractivity contribution in [2.45, 2.75) is 6.92 Å². The molecule has 0 radical (unpaired) electrons. The van der Waals surface area contributed by atoms with Gasteiger partial charge in [-0.3, -0.25) is 4.79 Å². The molecule has 0 saturated heterocycles. The number of hydrogen-bond donors (Lipinski definition) is 2. The Kier molecular flexibility index (Phi) is 4.11. The second-order valence-corrected chi connectivity index (χ2v) is 4.81. The van der Waals surface area contributed by atoms with Crippen LogP contribution in [0.4, 0.5) is 11.6 Å². The van der Waals surface area contributed by atoms with Crippen LogP contribution in [0.3, 0.4) is 0 Å². The number of carbonyl (C=O) groups excluding carboxylic acids is 1. The van der Waals surface area contributed by atoms with Gasteiger partial charge in [0.1, 0.15) is 11.6 Å². The molecule has 0 unspecified atom stereocenters. The lowest BCUT2D eigenvalue weighted by Gasteiger charge is -2.06. The summed E-state index contributed by atoms with van der Waals surface area (Å²) < 4.78 is 0.908. The smallest absolute Gasteiger partial charge is 0.258 e. The fraction of sp³-hybridized carbons (Fsp3) is 0.154. The van der Waals surface area contributed by atoms with Crippen molar-refractivity contribution >= 4 is 33.5 Å². The van der Waals surface area contributed by atoms with Gasteiger partial charge in [-0.25, -0.2) is 9.97 Å². The van der Waals surface area contributed by atoms with Crippen LogP contribution < -0.4 is 10.6 Å². The molecule has 5 nitrogen and oxygen atoms in total. The number of hydrogen-bond acceptors (Lipinski definition) is 4. The van der Waals surface area contributed by atoms with Crippen LogP contribution in [0.1, 0.15) is 15.9 Å². The van der Waals surface area contributed by atoms with Crippen molar-refractivity contribution in [3.63, 3.8) is 0 Å². The standard InChI is InChI=1S/C13H13BrN4O/c1-8-5-12(17-7-10(8)14)18-13(19)9-3-4-11(15-2)16-6-9/h3-7H,1-2H3,(H,15,16)(H,17,18,19). The van der Waals surface area contributed by atoms with Gasteiger partial charge in [-0.1, -0.05) is 0 Å². The monoisotopic (exact) mass is 320 g/mol. The molecule has 98 valence electrons. The summed E-state index contributed by atoms with van der Waals surface area (Å²) >= 11 is 3.36. The van der Waals surface area contributed by atoms with Gasteiger partial charge < -0.3 is 10.6 Å². The molecule has 2 heterocycles. The van der Waals surface area contributed by atoms with Gasteiger partial charge >= 0.3 is 0 Å². The third-order valence-corrected chi connectivity index (χ3v) is 3.40. The summed E-state index contributed by atoms with van der Waals surface area (Å²) in [5.74, 6) is 1.00. The van der Waals surface area contributed by atoms with Crippen molar-refractivity contribution in [2.75, 3.05) is 17.7 Å². The zero-order chi connectivity index (χ0) is 13.8. The molecule has 0 aliphatic carbocycles. The Morgan fingerprint density at radius 3 is 2.53 bits per heavy atom. The Balaban J connectivity index is 2.13. The molecule has 2 aromatic rings. The van der Waals surface area contributed by atoms with Crippen LogP contribution in [0.5, 0.6) is 0 Å². The van der Waals surface area contributed by atoms with Crippen molar-refractivity contribution in [3.05, 3.63) is 46.2 Å². The number of carbonyl (C=O) groups is 1. The van der Waals surface area contributed by atoms with Crippen molar-refractivity contribution in [1.82, 2.24) is 9.97 Å². The van der Waals surface area contributed by atoms with Crippen LogP contribution in [0.15, 0.2) is 35.1 Å². The maximum absolute atomic E-state index is 12.0. The number of aromatic nitrogens is 2. The molecule has 0 bridgehead atoms. The van der Waals surface area contributed by atoms with Crippen molar-refractivity contribution in [1.29, 1.82) is 0 Å². The molecule has 1 amide bonds. The van der Waals surface area contributed by atoms with Crippen molar-refractivity contribution in [3.8, 4) is 0 Å². The third-order valence-electron chi connectivity index (χ3n) is 2.57. The van der Waals surface area contributed by atoms with Gasteiger partial charge in [-0.15, -0.1) is 0 Å². The van der Waals surface area contributed by atoms with Crippen LogP contribution in [0.25, 0.3) is 0 Å². The lowest BCUT2D eigenvalue weighted by molar-refractivity contribution is 0.102. The maximum atomic E-state index is 12.0. The predicted molar refractivity (Wildman–Crippen MR) is 78.4 cm³/mol. The van der Waals surface area contributed by atoms with Crippen molar-refractivity contribution in [2.24, 2.45) is 0 Å². The van der Waals surface area contributed by atoms with E-state index in [2.05, 4.69) is 36.5 Å². The van der Waals surface area contributed by atoms with Crippen molar-refractivity contribution < 1.29 is 4.79 Å². The number of anilines is 2. The van der Waals surface area contributed by atoms with Crippen LogP contribution >= 0.6 is 15.9 Å². The van der Waals surface area contributed by atoms with Crippen LogP contribution in [0.2, 0.25) is 0 Å². The van der Waals surface area contributed by atoms with E-state index in [1.807, 2.05) is 6.92 Å². The Morgan fingerprint density at radius 1 is 1.21 bits per heavy atom. The van der Waals surface area contributed by atoms with Crippen LogP contribution in [-0.4, -0.2) is 22.9 Å². The molecular formula is C13H13BrN4O. The van der Waals surface area contributed by atoms with E-state index in [9.17, 15) is 4.79 Å². The molecule has 19 heavy (non-hydrogen) atoms. The van der Waals surface area contributed by atoms with E-state index in [1.165, 1.54) is 6.20 Å². The topological polar surface area (TPSA) is 66.9 Å². The van der Waals surface area contributed by atoms with E-state index in [0.717, 1.165) is 10.0 Å². The van der Waals surface area contributed by atoms with E-state index in [1.54, 1.807) is 31.4 Å². The minimum Gasteiger partial charge on any atom is -0.373 e. The van der Waals surface area contributed by atoms with E-state index in [-0.39, 0.29) is 5.91 Å². The summed E-state index contributed by atoms with van der Waals surface area (Å²) in [5, 5.41) is 5.63. The molecule has 2 N–H and O–H groups in total. The molecule has 0 saturated carbocycles. The summed E-state index contributed by atoms with van der Waals surface area (Å²) in [7, 11) is 1.77. The summed E-state index contributed by atoms with van der Waals surface area (Å²) in [4.78, 5) is 20.2. The number of nitrogens with one attached hydrogen (secondary N) is 2. The first-order valence-corrected chi connectivity index (χ1v) is 6.47. The second-order valence-electron chi connectivity index (χ2n) is 3.95. The fourth-order valence-corrected chi connectivity index (χ4v) is 1.69. The largest absolute Gasteiger partial charge is 0.373 e. The molecule has 0 spiro atoms. The van der Waals surface area contributed by atoms with Gasteiger partial charge in [0, 0.05) is 23.9 Å². The number of nitrogens with zero attached hydrogens (tertiary/aromatic N) is 2. The lowest BCUT2D eigenvalue weighted by Crippen LogP contribution is -2.13. The van der Waals surface area contributed by atoms with E-state index in [4.69, 9.17) is 0 Å². The molecule has 2 aromatic heterocycles. The van der Waals surface area contributed by atoms with Crippen LogP contribution in [0, 0.1) is 6.92 Å². The predicted octanol–water partition coefficient (Wildman–Crippen LogP) is 2.84. The fourth-order valence-electron chi connectivity index (χ4n) is 1.47. The SMILES string of the molecule is CNc1ccc(C(=O)Nc2cc(C)c(Br)cn2)cn1. The zero-order valence-electron chi connectivity index (χ0n) is 10.6. The van der Waals surface area contributed by atoms with E-state index in [0.29, 0.717) is 17.2 Å². The van der Waals surface area contributed by atoms with Crippen LogP contribution in [-0.2, 0) is 0 Å². The first kappa shape index (κ1) is 13.5. The van der Waals surface area contributed by atoms with E-state index >= 15 is 0 Å². The first-order valence-electron chi connectivity index (χ1n) is 5.67. The normalized spacial score (nSPS) is 10.1. The lowest BCUT2D eigenvalue weighted by atomic mass is 10.2. The van der Waals surface area contributed by atoms with Gasteiger partial charge in [-0.05, 0) is 46.6 Å². The third kappa shape index (κ3) is 3.29. The summed E-state index contributed by atoms with van der Waals surface area (Å²) in [6, 6.07) is 5.26. The Labute approximate surface area is 119 Å². The molecule has 0 aliphatic heterocycles.